The van der Waals surface area contributed by atoms with E-state index in [4.69, 9.17) is 4.52 Å². The molecule has 7 nitrogen and oxygen atoms in total. The Hall–Kier alpha value is -2.19. The van der Waals surface area contributed by atoms with Crippen molar-refractivity contribution in [1.82, 2.24) is 9.46 Å². The van der Waals surface area contributed by atoms with E-state index in [1.54, 1.807) is 25.8 Å². The predicted octanol–water partition coefficient (Wildman–Crippen LogP) is 3.48. The second-order valence-corrected chi connectivity index (χ2v) is 9.88. The van der Waals surface area contributed by atoms with Gasteiger partial charge in [-0.25, -0.2) is 8.42 Å². The summed E-state index contributed by atoms with van der Waals surface area (Å²) < 4.78 is 32.7. The van der Waals surface area contributed by atoms with Gasteiger partial charge in [0.05, 0.1) is 5.92 Å². The molecule has 1 unspecified atom stereocenters. The highest BCUT2D eigenvalue weighted by Crippen LogP contribution is 2.29. The summed E-state index contributed by atoms with van der Waals surface area (Å²) in [6.45, 7) is 7.99. The van der Waals surface area contributed by atoms with Gasteiger partial charge in [0.2, 0.25) is 15.9 Å². The minimum atomic E-state index is -3.75. The van der Waals surface area contributed by atoms with Crippen LogP contribution in [0.3, 0.4) is 0 Å². The lowest BCUT2D eigenvalue weighted by Gasteiger charge is -2.33. The van der Waals surface area contributed by atoms with Crippen LogP contribution in [0.25, 0.3) is 0 Å². The van der Waals surface area contributed by atoms with Gasteiger partial charge in [-0.1, -0.05) is 31.1 Å². The van der Waals surface area contributed by atoms with Gasteiger partial charge in [0, 0.05) is 25.8 Å². The zero-order valence-electron chi connectivity index (χ0n) is 17.7. The SMILES string of the molecule is Cc1noc(C)c1S(=O)(=O)N1CCCC(C(=O)N(C)c2cccc(C(C)C)c2)C1. The van der Waals surface area contributed by atoms with Gasteiger partial charge in [0.1, 0.15) is 10.6 Å². The third-order valence-corrected chi connectivity index (χ3v) is 7.66. The van der Waals surface area contributed by atoms with E-state index in [2.05, 4.69) is 19.0 Å². The highest BCUT2D eigenvalue weighted by atomic mass is 32.2. The minimum absolute atomic E-state index is 0.0652. The molecule has 1 aromatic heterocycles. The van der Waals surface area contributed by atoms with Crippen LogP contribution in [0.2, 0.25) is 0 Å². The molecule has 0 saturated carbocycles. The van der Waals surface area contributed by atoms with E-state index in [1.807, 2.05) is 24.3 Å². The quantitative estimate of drug-likeness (QED) is 0.741. The van der Waals surface area contributed by atoms with Gasteiger partial charge in [-0.2, -0.15) is 4.31 Å². The van der Waals surface area contributed by atoms with Crippen LogP contribution >= 0.6 is 0 Å². The van der Waals surface area contributed by atoms with Gasteiger partial charge in [0.15, 0.2) is 5.76 Å². The standard InChI is InChI=1S/C21H29N3O4S/c1-14(2)17-8-6-10-19(12-17)23(5)21(25)18-9-7-11-24(13-18)29(26,27)20-15(3)22-28-16(20)4/h6,8,10,12,14,18H,7,9,11,13H2,1-5H3. The maximum absolute atomic E-state index is 13.1. The largest absolute Gasteiger partial charge is 0.360 e. The van der Waals surface area contributed by atoms with Crippen LogP contribution in [0.5, 0.6) is 0 Å². The first-order valence-electron chi connectivity index (χ1n) is 9.93. The number of sulfonamides is 1. The topological polar surface area (TPSA) is 83.7 Å². The molecule has 2 heterocycles. The lowest BCUT2D eigenvalue weighted by molar-refractivity contribution is -0.123. The maximum Gasteiger partial charge on any atom is 0.248 e. The summed E-state index contributed by atoms with van der Waals surface area (Å²) in [7, 11) is -1.99. The van der Waals surface area contributed by atoms with E-state index in [1.165, 1.54) is 4.31 Å². The zero-order valence-corrected chi connectivity index (χ0v) is 18.5. The van der Waals surface area contributed by atoms with Crippen molar-refractivity contribution in [3.63, 3.8) is 0 Å². The molecule has 0 radical (unpaired) electrons. The molecular formula is C21H29N3O4S. The fraction of sp³-hybridized carbons (Fsp3) is 0.524. The first-order chi connectivity index (χ1) is 13.6. The Morgan fingerprint density at radius 3 is 2.66 bits per heavy atom. The molecule has 0 aliphatic carbocycles. The molecule has 1 aromatic carbocycles. The fourth-order valence-electron chi connectivity index (χ4n) is 3.83. The lowest BCUT2D eigenvalue weighted by atomic mass is 9.97. The molecule has 8 heteroatoms. The number of piperidine rings is 1. The van der Waals surface area contributed by atoms with Gasteiger partial charge in [0.25, 0.3) is 0 Å². The summed E-state index contributed by atoms with van der Waals surface area (Å²) in [4.78, 5) is 14.9. The summed E-state index contributed by atoms with van der Waals surface area (Å²) in [5.41, 5.74) is 2.33. The van der Waals surface area contributed by atoms with E-state index in [9.17, 15) is 13.2 Å². The van der Waals surface area contributed by atoms with Crippen LogP contribution in [-0.2, 0) is 14.8 Å². The normalized spacial score (nSPS) is 18.2. The molecule has 0 spiro atoms. The summed E-state index contributed by atoms with van der Waals surface area (Å²) >= 11 is 0. The first-order valence-corrected chi connectivity index (χ1v) is 11.4. The minimum Gasteiger partial charge on any atom is -0.360 e. The van der Waals surface area contributed by atoms with Crippen molar-refractivity contribution in [2.45, 2.75) is 51.3 Å². The number of rotatable bonds is 5. The van der Waals surface area contributed by atoms with Gasteiger partial charge in [-0.05, 0) is 50.3 Å². The van der Waals surface area contributed by atoms with Crippen molar-refractivity contribution in [2.75, 3.05) is 25.0 Å². The van der Waals surface area contributed by atoms with Gasteiger partial charge < -0.3 is 9.42 Å². The van der Waals surface area contributed by atoms with Gasteiger partial charge in [-0.3, -0.25) is 4.79 Å². The summed E-state index contributed by atoms with van der Waals surface area (Å²) in [5, 5.41) is 3.77. The Kier molecular flexibility index (Phi) is 6.14. The molecule has 0 bridgehead atoms. The number of carbonyl (C=O) groups is 1. The van der Waals surface area contributed by atoms with Crippen molar-refractivity contribution >= 4 is 21.6 Å². The zero-order chi connectivity index (χ0) is 21.3. The second kappa shape index (κ2) is 8.28. The fourth-order valence-corrected chi connectivity index (χ4v) is 5.64. The number of hydrogen-bond acceptors (Lipinski definition) is 5. The van der Waals surface area contributed by atoms with Crippen molar-refractivity contribution in [1.29, 1.82) is 0 Å². The number of nitrogens with zero attached hydrogens (tertiary/aromatic N) is 3. The summed E-state index contributed by atoms with van der Waals surface area (Å²) in [6.07, 6.45) is 1.31. The smallest absolute Gasteiger partial charge is 0.248 e. The first kappa shape index (κ1) is 21.5. The molecule has 1 amide bonds. The molecule has 158 valence electrons. The van der Waals surface area contributed by atoms with Crippen molar-refractivity contribution in [2.24, 2.45) is 5.92 Å². The third-order valence-electron chi connectivity index (χ3n) is 5.55. The number of hydrogen-bond donors (Lipinski definition) is 0. The van der Waals surface area contributed by atoms with Crippen molar-refractivity contribution < 1.29 is 17.7 Å². The average Bonchev–Trinajstić information content (AvgIpc) is 3.05. The van der Waals surface area contributed by atoms with Crippen molar-refractivity contribution in [3.8, 4) is 0 Å². The van der Waals surface area contributed by atoms with E-state index >= 15 is 0 Å². The number of amides is 1. The molecule has 1 atom stereocenters. The molecule has 1 fully saturated rings. The number of aryl methyl sites for hydroxylation is 2. The predicted molar refractivity (Wildman–Crippen MR) is 111 cm³/mol. The molecule has 1 saturated heterocycles. The lowest BCUT2D eigenvalue weighted by Crippen LogP contribution is -2.46. The van der Waals surface area contributed by atoms with Crippen LogP contribution in [0.15, 0.2) is 33.7 Å². The van der Waals surface area contributed by atoms with Crippen molar-refractivity contribution in [3.05, 3.63) is 41.3 Å². The Morgan fingerprint density at radius 1 is 1.31 bits per heavy atom. The second-order valence-electron chi connectivity index (χ2n) is 8.00. The van der Waals surface area contributed by atoms with E-state index in [0.717, 1.165) is 11.3 Å². The van der Waals surface area contributed by atoms with Gasteiger partial charge >= 0.3 is 0 Å². The van der Waals surface area contributed by atoms with E-state index < -0.39 is 10.0 Å². The molecule has 29 heavy (non-hydrogen) atoms. The molecule has 2 aromatic rings. The highest BCUT2D eigenvalue weighted by Gasteiger charge is 2.37. The van der Waals surface area contributed by atoms with E-state index in [-0.39, 0.29) is 29.0 Å². The maximum atomic E-state index is 13.1. The summed E-state index contributed by atoms with van der Waals surface area (Å²) in [5.74, 6) is 0.193. The van der Waals surface area contributed by atoms with Crippen LogP contribution in [0.4, 0.5) is 5.69 Å². The molecule has 3 rings (SSSR count). The highest BCUT2D eigenvalue weighted by molar-refractivity contribution is 7.89. The number of anilines is 1. The molecule has 1 aliphatic rings. The summed E-state index contributed by atoms with van der Waals surface area (Å²) in [6, 6.07) is 7.92. The Morgan fingerprint density at radius 2 is 2.03 bits per heavy atom. The number of aromatic nitrogens is 1. The van der Waals surface area contributed by atoms with Crippen LogP contribution < -0.4 is 4.90 Å². The third kappa shape index (κ3) is 4.23. The monoisotopic (exact) mass is 419 g/mol. The molecule has 1 aliphatic heterocycles. The Labute approximate surface area is 172 Å². The van der Waals surface area contributed by atoms with Crippen LogP contribution in [0, 0.1) is 19.8 Å². The number of carbonyl (C=O) groups excluding carboxylic acids is 1. The van der Waals surface area contributed by atoms with Crippen LogP contribution in [0.1, 0.15) is 49.6 Å². The Bertz CT molecular complexity index is 978. The average molecular weight is 420 g/mol. The number of benzene rings is 1. The molecular weight excluding hydrogens is 390 g/mol. The van der Waals surface area contributed by atoms with Crippen LogP contribution in [-0.4, -0.2) is 43.9 Å². The molecule has 0 N–H and O–H groups in total. The van der Waals surface area contributed by atoms with Gasteiger partial charge in [-0.15, -0.1) is 0 Å². The van der Waals surface area contributed by atoms with E-state index in [0.29, 0.717) is 31.0 Å². The Balaban J connectivity index is 1.80.